The summed E-state index contributed by atoms with van der Waals surface area (Å²) in [6.45, 7) is 2.64. The highest BCUT2D eigenvalue weighted by Crippen LogP contribution is 2.22. The minimum absolute atomic E-state index is 0.0278. The SMILES string of the molecule is O=C(c1nnc(-c2ccccc2)o1)N1CCN(c2cccc(Cl)c2)CC1. The highest BCUT2D eigenvalue weighted by Gasteiger charge is 2.26. The van der Waals surface area contributed by atoms with Crippen LogP contribution >= 0.6 is 11.6 Å². The molecule has 26 heavy (non-hydrogen) atoms. The summed E-state index contributed by atoms with van der Waals surface area (Å²) in [5.74, 6) is 0.150. The number of carbonyl (C=O) groups excluding carboxylic acids is 1. The number of nitrogens with zero attached hydrogens (tertiary/aromatic N) is 4. The standard InChI is InChI=1S/C19H17ClN4O2/c20-15-7-4-8-16(13-15)23-9-11-24(12-10-23)19(25)18-22-21-17(26-18)14-5-2-1-3-6-14/h1-8,13H,9-12H2. The summed E-state index contributed by atoms with van der Waals surface area (Å²) in [5.41, 5.74) is 1.86. The Kier molecular flexibility index (Phi) is 4.58. The highest BCUT2D eigenvalue weighted by molar-refractivity contribution is 6.30. The fraction of sp³-hybridized carbons (Fsp3) is 0.211. The minimum Gasteiger partial charge on any atom is -0.412 e. The number of carbonyl (C=O) groups is 1. The predicted molar refractivity (Wildman–Crippen MR) is 99.3 cm³/mol. The van der Waals surface area contributed by atoms with Crippen molar-refractivity contribution >= 4 is 23.2 Å². The van der Waals surface area contributed by atoms with Crippen molar-refractivity contribution in [3.63, 3.8) is 0 Å². The quantitative estimate of drug-likeness (QED) is 0.709. The van der Waals surface area contributed by atoms with Crippen LogP contribution in [0.1, 0.15) is 10.7 Å². The Bertz CT molecular complexity index is 905. The van der Waals surface area contributed by atoms with Crippen LogP contribution in [0.5, 0.6) is 0 Å². The minimum atomic E-state index is -0.231. The van der Waals surface area contributed by atoms with E-state index in [4.69, 9.17) is 16.0 Å². The van der Waals surface area contributed by atoms with E-state index in [-0.39, 0.29) is 11.8 Å². The topological polar surface area (TPSA) is 62.5 Å². The molecule has 4 rings (SSSR count). The van der Waals surface area contributed by atoms with Crippen LogP contribution in [-0.4, -0.2) is 47.2 Å². The molecule has 0 aliphatic carbocycles. The van der Waals surface area contributed by atoms with E-state index in [1.807, 2.05) is 54.6 Å². The third kappa shape index (κ3) is 3.41. The van der Waals surface area contributed by atoms with Gasteiger partial charge in [0.05, 0.1) is 0 Å². The molecule has 1 saturated heterocycles. The number of halogens is 1. The number of piperazine rings is 1. The molecule has 2 aromatic carbocycles. The molecule has 0 N–H and O–H groups in total. The molecule has 6 nitrogen and oxygen atoms in total. The highest BCUT2D eigenvalue weighted by atomic mass is 35.5. The Morgan fingerprint density at radius 2 is 1.73 bits per heavy atom. The van der Waals surface area contributed by atoms with Gasteiger partial charge in [-0.1, -0.05) is 35.9 Å². The third-order valence-corrected chi connectivity index (χ3v) is 4.60. The lowest BCUT2D eigenvalue weighted by atomic mass is 10.2. The second kappa shape index (κ2) is 7.17. The molecular formula is C19H17ClN4O2. The molecule has 0 saturated carbocycles. The fourth-order valence-corrected chi connectivity index (χ4v) is 3.17. The molecule has 2 heterocycles. The lowest BCUT2D eigenvalue weighted by molar-refractivity contribution is 0.0707. The number of anilines is 1. The first kappa shape index (κ1) is 16.6. The monoisotopic (exact) mass is 368 g/mol. The van der Waals surface area contributed by atoms with E-state index in [0.717, 1.165) is 24.3 Å². The molecule has 0 bridgehead atoms. The molecule has 1 aromatic heterocycles. The van der Waals surface area contributed by atoms with Gasteiger partial charge in [-0.3, -0.25) is 4.79 Å². The average molecular weight is 369 g/mol. The predicted octanol–water partition coefficient (Wildman–Crippen LogP) is 3.35. The first-order chi connectivity index (χ1) is 12.7. The maximum atomic E-state index is 12.6. The number of hydrogen-bond acceptors (Lipinski definition) is 5. The van der Waals surface area contributed by atoms with Gasteiger partial charge in [-0.25, -0.2) is 0 Å². The second-order valence-corrected chi connectivity index (χ2v) is 6.47. The normalized spacial score (nSPS) is 14.5. The summed E-state index contributed by atoms with van der Waals surface area (Å²) < 4.78 is 5.57. The molecule has 0 atom stereocenters. The van der Waals surface area contributed by atoms with Crippen LogP contribution in [-0.2, 0) is 0 Å². The van der Waals surface area contributed by atoms with Crippen LogP contribution in [0.2, 0.25) is 5.02 Å². The van der Waals surface area contributed by atoms with E-state index < -0.39 is 0 Å². The van der Waals surface area contributed by atoms with Crippen molar-refractivity contribution in [2.24, 2.45) is 0 Å². The summed E-state index contributed by atoms with van der Waals surface area (Å²) in [5, 5.41) is 8.61. The number of benzene rings is 2. The van der Waals surface area contributed by atoms with Crippen LogP contribution in [0.4, 0.5) is 5.69 Å². The molecule has 132 valence electrons. The number of aromatic nitrogens is 2. The maximum absolute atomic E-state index is 12.6. The van der Waals surface area contributed by atoms with Crippen molar-refractivity contribution in [3.8, 4) is 11.5 Å². The molecule has 1 amide bonds. The molecule has 0 radical (unpaired) electrons. The van der Waals surface area contributed by atoms with Gasteiger partial charge in [0, 0.05) is 42.5 Å². The fourth-order valence-electron chi connectivity index (χ4n) is 2.98. The zero-order valence-corrected chi connectivity index (χ0v) is 14.8. The van der Waals surface area contributed by atoms with Crippen molar-refractivity contribution in [2.45, 2.75) is 0 Å². The van der Waals surface area contributed by atoms with Crippen molar-refractivity contribution in [2.75, 3.05) is 31.1 Å². The Balaban J connectivity index is 1.42. The molecule has 0 spiro atoms. The third-order valence-electron chi connectivity index (χ3n) is 4.37. The largest absolute Gasteiger partial charge is 0.412 e. The van der Waals surface area contributed by atoms with Crippen LogP contribution < -0.4 is 4.90 Å². The summed E-state index contributed by atoms with van der Waals surface area (Å²) in [6, 6.07) is 17.1. The van der Waals surface area contributed by atoms with Crippen LogP contribution in [0.3, 0.4) is 0 Å². The van der Waals surface area contributed by atoms with Gasteiger partial charge in [0.15, 0.2) is 0 Å². The van der Waals surface area contributed by atoms with E-state index in [9.17, 15) is 4.79 Å². The second-order valence-electron chi connectivity index (χ2n) is 6.04. The van der Waals surface area contributed by atoms with E-state index >= 15 is 0 Å². The van der Waals surface area contributed by atoms with Gasteiger partial charge in [-0.15, -0.1) is 10.2 Å². The maximum Gasteiger partial charge on any atom is 0.311 e. The Hall–Kier alpha value is -2.86. The zero-order valence-electron chi connectivity index (χ0n) is 14.0. The summed E-state index contributed by atoms with van der Waals surface area (Å²) in [4.78, 5) is 16.6. The van der Waals surface area contributed by atoms with Gasteiger partial charge in [0.25, 0.3) is 0 Å². The average Bonchev–Trinajstić information content (AvgIpc) is 3.18. The van der Waals surface area contributed by atoms with E-state index in [2.05, 4.69) is 15.1 Å². The van der Waals surface area contributed by atoms with Gasteiger partial charge < -0.3 is 14.2 Å². The zero-order chi connectivity index (χ0) is 17.9. The van der Waals surface area contributed by atoms with Gasteiger partial charge in [0.2, 0.25) is 5.89 Å². The molecule has 1 aliphatic heterocycles. The summed E-state index contributed by atoms with van der Waals surface area (Å²) in [6.07, 6.45) is 0. The summed E-state index contributed by atoms with van der Waals surface area (Å²) in [7, 11) is 0. The Morgan fingerprint density at radius 3 is 2.46 bits per heavy atom. The molecule has 1 aliphatic rings. The number of amides is 1. The molecule has 3 aromatic rings. The van der Waals surface area contributed by atoms with Gasteiger partial charge in [0.1, 0.15) is 0 Å². The van der Waals surface area contributed by atoms with E-state index in [0.29, 0.717) is 24.0 Å². The van der Waals surface area contributed by atoms with Crippen molar-refractivity contribution in [1.29, 1.82) is 0 Å². The lowest BCUT2D eigenvalue weighted by Gasteiger charge is -2.35. The van der Waals surface area contributed by atoms with Crippen molar-refractivity contribution < 1.29 is 9.21 Å². The lowest BCUT2D eigenvalue weighted by Crippen LogP contribution is -2.48. The number of hydrogen-bond donors (Lipinski definition) is 0. The van der Waals surface area contributed by atoms with E-state index in [1.54, 1.807) is 4.90 Å². The summed E-state index contributed by atoms with van der Waals surface area (Å²) >= 11 is 6.06. The first-order valence-corrected chi connectivity index (χ1v) is 8.77. The Labute approximate surface area is 156 Å². The molecular weight excluding hydrogens is 352 g/mol. The molecule has 1 fully saturated rings. The smallest absolute Gasteiger partial charge is 0.311 e. The first-order valence-electron chi connectivity index (χ1n) is 8.39. The molecule has 0 unspecified atom stereocenters. The van der Waals surface area contributed by atoms with Crippen LogP contribution in [0.15, 0.2) is 59.0 Å². The molecule has 7 heteroatoms. The van der Waals surface area contributed by atoms with Gasteiger partial charge >= 0.3 is 11.8 Å². The van der Waals surface area contributed by atoms with Crippen LogP contribution in [0.25, 0.3) is 11.5 Å². The van der Waals surface area contributed by atoms with Crippen LogP contribution in [0, 0.1) is 0 Å². The van der Waals surface area contributed by atoms with Crippen molar-refractivity contribution in [1.82, 2.24) is 15.1 Å². The van der Waals surface area contributed by atoms with Crippen molar-refractivity contribution in [3.05, 3.63) is 65.5 Å². The Morgan fingerprint density at radius 1 is 0.962 bits per heavy atom. The van der Waals surface area contributed by atoms with Gasteiger partial charge in [-0.05, 0) is 30.3 Å². The van der Waals surface area contributed by atoms with E-state index in [1.165, 1.54) is 0 Å². The van der Waals surface area contributed by atoms with Gasteiger partial charge in [-0.2, -0.15) is 0 Å². The number of rotatable bonds is 3.